The number of ether oxygens (including phenoxy) is 2. The first-order valence-electron chi connectivity index (χ1n) is 28.2. The van der Waals surface area contributed by atoms with Crippen LogP contribution in [0.5, 0.6) is 0 Å². The second-order valence-corrected chi connectivity index (χ2v) is 21.8. The number of phosphoric acid groups is 1. The van der Waals surface area contributed by atoms with E-state index in [9.17, 15) is 14.3 Å². The summed E-state index contributed by atoms with van der Waals surface area (Å²) in [5.41, 5.74) is 0. The molecular formula is C57H111NO7P+. The molecule has 0 aromatic heterocycles. The van der Waals surface area contributed by atoms with Crippen molar-refractivity contribution in [2.75, 3.05) is 54.1 Å². The van der Waals surface area contributed by atoms with E-state index in [4.69, 9.17) is 18.5 Å². The van der Waals surface area contributed by atoms with Gasteiger partial charge < -0.3 is 18.9 Å². The average Bonchev–Trinajstić information content (AvgIpc) is 3.28. The Morgan fingerprint density at radius 2 is 0.833 bits per heavy atom. The maximum atomic E-state index is 12.8. The fourth-order valence-corrected chi connectivity index (χ4v) is 8.83. The Morgan fingerprint density at radius 3 is 1.27 bits per heavy atom. The van der Waals surface area contributed by atoms with Gasteiger partial charge in [-0.15, -0.1) is 0 Å². The van der Waals surface area contributed by atoms with Crippen molar-refractivity contribution in [3.05, 3.63) is 36.5 Å². The monoisotopic (exact) mass is 953 g/mol. The Balaban J connectivity index is 4.07. The van der Waals surface area contributed by atoms with Crippen LogP contribution >= 0.6 is 7.82 Å². The van der Waals surface area contributed by atoms with Crippen molar-refractivity contribution in [2.24, 2.45) is 0 Å². The molecule has 0 fully saturated rings. The van der Waals surface area contributed by atoms with Gasteiger partial charge in [-0.25, -0.2) is 4.57 Å². The molecule has 9 heteroatoms. The summed E-state index contributed by atoms with van der Waals surface area (Å²) in [5, 5.41) is 0. The molecule has 0 saturated heterocycles. The molecule has 0 heterocycles. The van der Waals surface area contributed by atoms with Crippen molar-refractivity contribution >= 4 is 13.8 Å². The van der Waals surface area contributed by atoms with E-state index in [1.54, 1.807) is 0 Å². The van der Waals surface area contributed by atoms with Crippen molar-refractivity contribution in [3.63, 3.8) is 0 Å². The lowest BCUT2D eigenvalue weighted by molar-refractivity contribution is -0.870. The third-order valence-electron chi connectivity index (χ3n) is 12.5. The molecule has 66 heavy (non-hydrogen) atoms. The number of likely N-dealkylation sites (N-methyl/N-ethyl adjacent to an activating group) is 1. The first-order chi connectivity index (χ1) is 32.1. The lowest BCUT2D eigenvalue weighted by Crippen LogP contribution is -2.37. The van der Waals surface area contributed by atoms with E-state index >= 15 is 0 Å². The van der Waals surface area contributed by atoms with Crippen LogP contribution in [-0.2, 0) is 27.9 Å². The summed E-state index contributed by atoms with van der Waals surface area (Å²) in [7, 11) is 1.67. The highest BCUT2D eigenvalue weighted by Gasteiger charge is 2.26. The Kier molecular flexibility index (Phi) is 49.1. The minimum Gasteiger partial charge on any atom is -0.457 e. The van der Waals surface area contributed by atoms with Gasteiger partial charge >= 0.3 is 13.8 Å². The van der Waals surface area contributed by atoms with Gasteiger partial charge in [0.1, 0.15) is 19.3 Å². The Hall–Kier alpha value is -1.28. The molecule has 0 amide bonds. The van der Waals surface area contributed by atoms with Crippen LogP contribution in [0.3, 0.4) is 0 Å². The van der Waals surface area contributed by atoms with Crippen LogP contribution in [0.1, 0.15) is 264 Å². The summed E-state index contributed by atoms with van der Waals surface area (Å²) < 4.78 is 35.2. The predicted octanol–water partition coefficient (Wildman–Crippen LogP) is 17.7. The molecule has 0 spiro atoms. The number of hydrogen-bond acceptors (Lipinski definition) is 6. The first kappa shape index (κ1) is 64.7. The quantitative estimate of drug-likeness (QED) is 0.0213. The number of nitrogens with zero attached hydrogens (tertiary/aromatic N) is 1. The van der Waals surface area contributed by atoms with E-state index in [2.05, 4.69) is 50.3 Å². The molecule has 0 aliphatic heterocycles. The minimum atomic E-state index is -4.28. The van der Waals surface area contributed by atoms with Gasteiger partial charge in [0.25, 0.3) is 0 Å². The van der Waals surface area contributed by atoms with Gasteiger partial charge in [0, 0.05) is 13.0 Å². The molecule has 0 radical (unpaired) electrons. The molecule has 2 unspecified atom stereocenters. The maximum Gasteiger partial charge on any atom is 0.472 e. The highest BCUT2D eigenvalue weighted by Crippen LogP contribution is 2.43. The zero-order chi connectivity index (χ0) is 48.3. The summed E-state index contributed by atoms with van der Waals surface area (Å²) in [6.07, 6.45) is 62.0. The Bertz CT molecular complexity index is 1150. The van der Waals surface area contributed by atoms with E-state index in [1.165, 1.54) is 193 Å². The molecule has 0 bridgehead atoms. The van der Waals surface area contributed by atoms with Crippen LogP contribution in [0.25, 0.3) is 0 Å². The van der Waals surface area contributed by atoms with Gasteiger partial charge in [0.05, 0.1) is 34.4 Å². The first-order valence-corrected chi connectivity index (χ1v) is 29.7. The average molecular weight is 953 g/mol. The lowest BCUT2D eigenvalue weighted by Gasteiger charge is -2.24. The molecule has 0 aromatic carbocycles. The van der Waals surface area contributed by atoms with E-state index in [-0.39, 0.29) is 25.8 Å². The summed E-state index contributed by atoms with van der Waals surface area (Å²) in [5.74, 6) is -0.312. The van der Waals surface area contributed by atoms with Crippen LogP contribution in [0.4, 0.5) is 0 Å². The summed E-state index contributed by atoms with van der Waals surface area (Å²) in [6, 6.07) is 0. The van der Waals surface area contributed by atoms with Crippen LogP contribution in [0.2, 0.25) is 0 Å². The summed E-state index contributed by atoms with van der Waals surface area (Å²) in [6.45, 7) is 5.62. The fourth-order valence-electron chi connectivity index (χ4n) is 8.09. The van der Waals surface area contributed by atoms with Gasteiger partial charge in [0.2, 0.25) is 0 Å². The van der Waals surface area contributed by atoms with Gasteiger partial charge in [-0.05, 0) is 51.4 Å². The van der Waals surface area contributed by atoms with Crippen molar-refractivity contribution < 1.29 is 37.3 Å². The number of carbonyl (C=O) groups is 1. The topological polar surface area (TPSA) is 91.3 Å². The zero-order valence-corrected chi connectivity index (χ0v) is 45.3. The van der Waals surface area contributed by atoms with Gasteiger partial charge in [-0.3, -0.25) is 13.8 Å². The summed E-state index contributed by atoms with van der Waals surface area (Å²) >= 11 is 0. The number of phosphoric ester groups is 1. The van der Waals surface area contributed by atoms with Gasteiger partial charge in [-0.1, -0.05) is 243 Å². The van der Waals surface area contributed by atoms with Gasteiger partial charge in [0.15, 0.2) is 0 Å². The molecule has 1 N–H and O–H groups in total. The fraction of sp³-hybridized carbons (Fsp3) is 0.877. The third-order valence-corrected chi connectivity index (χ3v) is 13.4. The number of carbonyl (C=O) groups excluding carboxylic acids is 1. The molecule has 390 valence electrons. The molecule has 0 aromatic rings. The Morgan fingerprint density at radius 1 is 0.470 bits per heavy atom. The number of hydrogen-bond donors (Lipinski definition) is 1. The number of quaternary nitrogens is 1. The van der Waals surface area contributed by atoms with E-state index < -0.39 is 13.9 Å². The van der Waals surface area contributed by atoms with Crippen molar-refractivity contribution in [1.82, 2.24) is 0 Å². The minimum absolute atomic E-state index is 0.0877. The van der Waals surface area contributed by atoms with Crippen molar-refractivity contribution in [3.8, 4) is 0 Å². The van der Waals surface area contributed by atoms with Crippen LogP contribution in [0.15, 0.2) is 36.5 Å². The molecule has 2 atom stereocenters. The molecule has 0 aliphatic carbocycles. The lowest BCUT2D eigenvalue weighted by atomic mass is 10.0. The molecule has 8 nitrogen and oxygen atoms in total. The number of rotatable bonds is 53. The molecule has 0 rings (SSSR count). The van der Waals surface area contributed by atoms with Crippen molar-refractivity contribution in [1.29, 1.82) is 0 Å². The standard InChI is InChI=1S/C57H110NO7P/c1-6-8-10-12-14-16-18-20-22-24-26-28-29-30-31-32-34-36-38-40-42-44-46-48-50-57(59)65-56(55-64-66(60,61)63-53-51-58(3,4)5)54-62-52-49-47-45-43-41-39-37-35-33-27-25-23-21-19-17-15-13-11-9-7-2/h15,17,21,23,27,33,56H,6-14,16,18-20,22,24-26,28-32,34-55H2,1-5H3/p+1/b17-15-,23-21-,33-27-. The highest BCUT2D eigenvalue weighted by atomic mass is 31.2. The molecule has 0 aliphatic rings. The number of allylic oxidation sites excluding steroid dienone is 6. The smallest absolute Gasteiger partial charge is 0.457 e. The van der Waals surface area contributed by atoms with Crippen LogP contribution < -0.4 is 0 Å². The number of unbranched alkanes of at least 4 members (excludes halogenated alkanes) is 33. The second kappa shape index (κ2) is 50.1. The molecule has 0 saturated carbocycles. The zero-order valence-electron chi connectivity index (χ0n) is 44.4. The van der Waals surface area contributed by atoms with Gasteiger partial charge in [-0.2, -0.15) is 0 Å². The Labute approximate surface area is 410 Å². The predicted molar refractivity (Wildman–Crippen MR) is 284 cm³/mol. The SMILES string of the molecule is CCCCC/C=C\C/C=C\C/C=C\CCCCCCCCCOCC(COP(=O)(O)OCC[N+](C)(C)C)OC(=O)CCCCCCCCCCCCCCCCCCCCCCCCCC. The number of esters is 1. The van der Waals surface area contributed by atoms with Crippen LogP contribution in [-0.4, -0.2) is 75.6 Å². The molecular weight excluding hydrogens is 842 g/mol. The van der Waals surface area contributed by atoms with E-state index in [1.807, 2.05) is 21.1 Å². The maximum absolute atomic E-state index is 12.8. The largest absolute Gasteiger partial charge is 0.472 e. The van der Waals surface area contributed by atoms with E-state index in [0.29, 0.717) is 24.1 Å². The third kappa shape index (κ3) is 53.7. The summed E-state index contributed by atoms with van der Waals surface area (Å²) in [4.78, 5) is 23.1. The van der Waals surface area contributed by atoms with Crippen LogP contribution in [0, 0.1) is 0 Å². The second-order valence-electron chi connectivity index (χ2n) is 20.3. The van der Waals surface area contributed by atoms with Crippen molar-refractivity contribution in [2.45, 2.75) is 270 Å². The van der Waals surface area contributed by atoms with E-state index in [0.717, 1.165) is 51.4 Å². The highest BCUT2D eigenvalue weighted by molar-refractivity contribution is 7.47. The normalized spacial score (nSPS) is 13.7.